The largest absolute Gasteiger partial charge is 0.297 e. The minimum atomic E-state index is -0.577. The van der Waals surface area contributed by atoms with Crippen molar-refractivity contribution < 1.29 is 8.78 Å². The third-order valence-corrected chi connectivity index (χ3v) is 2.13. The summed E-state index contributed by atoms with van der Waals surface area (Å²) in [4.78, 5) is 0. The highest BCUT2D eigenvalue weighted by Gasteiger charge is 2.09. The van der Waals surface area contributed by atoms with Crippen LogP contribution in [0.15, 0.2) is 18.2 Å². The summed E-state index contributed by atoms with van der Waals surface area (Å²) in [5, 5.41) is 3.03. The van der Waals surface area contributed by atoms with E-state index in [1.54, 1.807) is 0 Å². The molecule has 0 saturated carbocycles. The van der Waals surface area contributed by atoms with Crippen LogP contribution in [-0.4, -0.2) is 6.04 Å². The van der Waals surface area contributed by atoms with Crippen molar-refractivity contribution in [1.29, 1.82) is 0 Å². The van der Waals surface area contributed by atoms with Gasteiger partial charge in [0.2, 0.25) is 0 Å². The number of rotatable bonds is 3. The average molecular weight is 209 g/mol. The molecule has 0 aliphatic heterocycles. The molecule has 0 saturated heterocycles. The van der Waals surface area contributed by atoms with Crippen molar-refractivity contribution >= 4 is 0 Å². The van der Waals surface area contributed by atoms with Gasteiger partial charge in [-0.25, -0.2) is 8.78 Å². The van der Waals surface area contributed by atoms with Crippen LogP contribution in [0.1, 0.15) is 25.5 Å². The highest BCUT2D eigenvalue weighted by Crippen LogP contribution is 2.16. The van der Waals surface area contributed by atoms with Crippen molar-refractivity contribution in [2.45, 2.75) is 25.9 Å². The number of terminal acetylenes is 1. The van der Waals surface area contributed by atoms with E-state index in [4.69, 9.17) is 6.42 Å². The number of hydrogen-bond acceptors (Lipinski definition) is 1. The van der Waals surface area contributed by atoms with E-state index >= 15 is 0 Å². The quantitative estimate of drug-likeness (QED) is 0.754. The predicted molar refractivity (Wildman–Crippen MR) is 56.2 cm³/mol. The number of benzene rings is 1. The van der Waals surface area contributed by atoms with Gasteiger partial charge in [-0.3, -0.25) is 5.32 Å². The molecule has 0 spiro atoms. The highest BCUT2D eigenvalue weighted by molar-refractivity contribution is 5.21. The van der Waals surface area contributed by atoms with Gasteiger partial charge in [0, 0.05) is 12.1 Å². The lowest BCUT2D eigenvalue weighted by molar-refractivity contribution is 0.529. The maximum atomic E-state index is 12.9. The van der Waals surface area contributed by atoms with E-state index in [9.17, 15) is 8.78 Å². The topological polar surface area (TPSA) is 12.0 Å². The summed E-state index contributed by atoms with van der Waals surface area (Å²) in [7, 11) is 0. The zero-order valence-electron chi connectivity index (χ0n) is 8.72. The molecule has 0 heterocycles. The maximum absolute atomic E-state index is 12.9. The first kappa shape index (κ1) is 11.7. The number of halogens is 2. The van der Waals surface area contributed by atoms with Gasteiger partial charge >= 0.3 is 0 Å². The standard InChI is InChI=1S/C12H13F2N/c1-4-8(2)15-9(3)10-5-11(13)7-12(14)6-10/h1,5-9,15H,2-3H3. The molecule has 3 heteroatoms. The Balaban J connectivity index is 2.82. The van der Waals surface area contributed by atoms with Crippen molar-refractivity contribution in [3.8, 4) is 12.3 Å². The van der Waals surface area contributed by atoms with Crippen LogP contribution in [0.2, 0.25) is 0 Å². The molecule has 15 heavy (non-hydrogen) atoms. The van der Waals surface area contributed by atoms with E-state index in [0.29, 0.717) is 5.56 Å². The summed E-state index contributed by atoms with van der Waals surface area (Å²) in [6, 6.07) is 3.13. The van der Waals surface area contributed by atoms with Gasteiger partial charge in [0.15, 0.2) is 0 Å². The first-order valence-corrected chi connectivity index (χ1v) is 4.71. The fourth-order valence-electron chi connectivity index (χ4n) is 1.34. The normalized spacial score (nSPS) is 14.3. The first-order valence-electron chi connectivity index (χ1n) is 4.71. The summed E-state index contributed by atoms with van der Waals surface area (Å²) < 4.78 is 25.8. The second-order valence-electron chi connectivity index (χ2n) is 3.48. The van der Waals surface area contributed by atoms with Gasteiger partial charge in [-0.1, -0.05) is 5.92 Å². The fourth-order valence-corrected chi connectivity index (χ4v) is 1.34. The Kier molecular flexibility index (Phi) is 3.81. The SMILES string of the molecule is C#CC(C)NC(C)c1cc(F)cc(F)c1. The Hall–Kier alpha value is -1.40. The summed E-state index contributed by atoms with van der Waals surface area (Å²) in [6.07, 6.45) is 5.20. The van der Waals surface area contributed by atoms with Crippen LogP contribution in [-0.2, 0) is 0 Å². The van der Waals surface area contributed by atoms with E-state index in [1.807, 2.05) is 13.8 Å². The van der Waals surface area contributed by atoms with Gasteiger partial charge in [-0.15, -0.1) is 6.42 Å². The lowest BCUT2D eigenvalue weighted by Crippen LogP contribution is -2.27. The van der Waals surface area contributed by atoms with Crippen molar-refractivity contribution in [3.63, 3.8) is 0 Å². The summed E-state index contributed by atoms with van der Waals surface area (Å²) in [5.74, 6) is 1.34. The fraction of sp³-hybridized carbons (Fsp3) is 0.333. The summed E-state index contributed by atoms with van der Waals surface area (Å²) in [5.41, 5.74) is 0.551. The van der Waals surface area contributed by atoms with E-state index < -0.39 is 11.6 Å². The van der Waals surface area contributed by atoms with Gasteiger partial charge in [0.25, 0.3) is 0 Å². The second kappa shape index (κ2) is 4.90. The van der Waals surface area contributed by atoms with Crippen molar-refractivity contribution in [3.05, 3.63) is 35.4 Å². The van der Waals surface area contributed by atoms with Crippen LogP contribution in [0.25, 0.3) is 0 Å². The zero-order chi connectivity index (χ0) is 11.4. The molecule has 0 aromatic heterocycles. The molecule has 1 rings (SSSR count). The van der Waals surface area contributed by atoms with Crippen LogP contribution in [0.4, 0.5) is 8.78 Å². The van der Waals surface area contributed by atoms with Gasteiger partial charge < -0.3 is 0 Å². The van der Waals surface area contributed by atoms with E-state index in [2.05, 4.69) is 11.2 Å². The molecule has 1 aromatic rings. The van der Waals surface area contributed by atoms with Gasteiger partial charge in [-0.05, 0) is 31.5 Å². The third-order valence-electron chi connectivity index (χ3n) is 2.13. The predicted octanol–water partition coefficient (Wildman–Crippen LogP) is 2.64. The molecule has 0 bridgehead atoms. The average Bonchev–Trinajstić information content (AvgIpc) is 2.16. The molecule has 0 radical (unpaired) electrons. The van der Waals surface area contributed by atoms with Gasteiger partial charge in [0.05, 0.1) is 6.04 Å². The van der Waals surface area contributed by atoms with Crippen LogP contribution in [0.5, 0.6) is 0 Å². The van der Waals surface area contributed by atoms with E-state index in [-0.39, 0.29) is 12.1 Å². The van der Waals surface area contributed by atoms with Crippen LogP contribution in [0.3, 0.4) is 0 Å². The Morgan fingerprint density at radius 3 is 2.20 bits per heavy atom. The summed E-state index contributed by atoms with van der Waals surface area (Å²) >= 11 is 0. The van der Waals surface area contributed by atoms with Crippen molar-refractivity contribution in [2.75, 3.05) is 0 Å². The Morgan fingerprint density at radius 1 is 1.20 bits per heavy atom. The third kappa shape index (κ3) is 3.34. The van der Waals surface area contributed by atoms with Crippen molar-refractivity contribution in [1.82, 2.24) is 5.32 Å². The molecule has 80 valence electrons. The van der Waals surface area contributed by atoms with E-state index in [0.717, 1.165) is 6.07 Å². The second-order valence-corrected chi connectivity index (χ2v) is 3.48. The molecule has 1 nitrogen and oxygen atoms in total. The summed E-state index contributed by atoms with van der Waals surface area (Å²) in [6.45, 7) is 3.62. The van der Waals surface area contributed by atoms with Crippen LogP contribution in [0, 0.1) is 24.0 Å². The lowest BCUT2D eigenvalue weighted by Gasteiger charge is -2.16. The van der Waals surface area contributed by atoms with Crippen LogP contribution >= 0.6 is 0 Å². The van der Waals surface area contributed by atoms with Crippen LogP contribution < -0.4 is 5.32 Å². The smallest absolute Gasteiger partial charge is 0.126 e. The number of hydrogen-bond donors (Lipinski definition) is 1. The molecule has 1 N–H and O–H groups in total. The molecule has 0 amide bonds. The lowest BCUT2D eigenvalue weighted by atomic mass is 10.1. The minimum absolute atomic E-state index is 0.133. The molecule has 2 unspecified atom stereocenters. The maximum Gasteiger partial charge on any atom is 0.126 e. The molecule has 0 aliphatic carbocycles. The van der Waals surface area contributed by atoms with E-state index in [1.165, 1.54) is 12.1 Å². The first-order chi connectivity index (χ1) is 7.02. The Bertz CT molecular complexity index is 361. The Labute approximate surface area is 88.5 Å². The van der Waals surface area contributed by atoms with Gasteiger partial charge in [-0.2, -0.15) is 0 Å². The molecule has 2 atom stereocenters. The molecule has 0 aliphatic rings. The zero-order valence-corrected chi connectivity index (χ0v) is 8.72. The Morgan fingerprint density at radius 2 is 1.73 bits per heavy atom. The van der Waals surface area contributed by atoms with Gasteiger partial charge in [0.1, 0.15) is 11.6 Å². The minimum Gasteiger partial charge on any atom is -0.297 e. The van der Waals surface area contributed by atoms with Crippen molar-refractivity contribution in [2.24, 2.45) is 0 Å². The number of nitrogens with one attached hydrogen (secondary N) is 1. The molecular weight excluding hydrogens is 196 g/mol. The monoisotopic (exact) mass is 209 g/mol. The highest BCUT2D eigenvalue weighted by atomic mass is 19.1. The molecule has 0 fully saturated rings. The molecule has 1 aromatic carbocycles. The molecular formula is C12H13F2N.